The molecule has 0 spiro atoms. The van der Waals surface area contributed by atoms with Gasteiger partial charge in [0.2, 0.25) is 0 Å². The zero-order valence-corrected chi connectivity index (χ0v) is 25.0. The van der Waals surface area contributed by atoms with Crippen molar-refractivity contribution < 1.29 is 32.0 Å². The van der Waals surface area contributed by atoms with E-state index in [-0.39, 0.29) is 18.8 Å². The second-order valence-electron chi connectivity index (χ2n) is 9.73. The smallest absolute Gasteiger partial charge is 0.345 e. The van der Waals surface area contributed by atoms with Gasteiger partial charge in [-0.25, -0.2) is 9.59 Å². The van der Waals surface area contributed by atoms with Crippen LogP contribution in [0.5, 0.6) is 5.75 Å². The third-order valence-electron chi connectivity index (χ3n) is 3.97. The number of carbonyl (C=O) groups excluding carboxylic acids is 2. The molecule has 34 heavy (non-hydrogen) atoms. The molecular formula is C24H40O7Si3. The summed E-state index contributed by atoms with van der Waals surface area (Å²) in [6.07, 6.45) is 3.41. The molecular weight excluding hydrogens is 485 g/mol. The zero-order chi connectivity index (χ0) is 26.0. The van der Waals surface area contributed by atoms with Gasteiger partial charge in [0.25, 0.3) is 0 Å². The summed E-state index contributed by atoms with van der Waals surface area (Å²) >= 11 is 0. The summed E-state index contributed by atoms with van der Waals surface area (Å²) in [4.78, 5) is 24.2. The number of benzene rings is 1. The van der Waals surface area contributed by atoms with Crippen molar-refractivity contribution in [1.82, 2.24) is 0 Å². The van der Waals surface area contributed by atoms with Gasteiger partial charge in [0.1, 0.15) is 17.9 Å². The van der Waals surface area contributed by atoms with Crippen LogP contribution in [0.25, 0.3) is 6.08 Å². The van der Waals surface area contributed by atoms with E-state index in [1.54, 1.807) is 38.1 Å². The van der Waals surface area contributed by atoms with Crippen LogP contribution in [0.4, 0.5) is 0 Å². The van der Waals surface area contributed by atoms with Crippen molar-refractivity contribution >= 4 is 43.2 Å². The minimum atomic E-state index is -2.45. The van der Waals surface area contributed by atoms with E-state index in [1.165, 1.54) is 6.08 Å². The molecule has 0 saturated heterocycles. The predicted molar refractivity (Wildman–Crippen MR) is 143 cm³/mol. The Kier molecular flexibility index (Phi) is 11.7. The first-order valence-corrected chi connectivity index (χ1v) is 20.8. The van der Waals surface area contributed by atoms with Gasteiger partial charge in [-0.05, 0) is 89.1 Å². The summed E-state index contributed by atoms with van der Waals surface area (Å²) in [6.45, 7) is 19.2. The van der Waals surface area contributed by atoms with Crippen LogP contribution in [-0.4, -0.2) is 57.0 Å². The lowest BCUT2D eigenvalue weighted by Crippen LogP contribution is -2.51. The molecule has 1 aromatic rings. The minimum absolute atomic E-state index is 0.144. The third kappa shape index (κ3) is 11.9. The maximum absolute atomic E-state index is 12.1. The van der Waals surface area contributed by atoms with E-state index >= 15 is 0 Å². The van der Waals surface area contributed by atoms with E-state index in [0.717, 1.165) is 0 Å². The van der Waals surface area contributed by atoms with Gasteiger partial charge in [0, 0.05) is 0 Å². The number of hydrogen-bond acceptors (Lipinski definition) is 7. The Balaban J connectivity index is 2.89. The van der Waals surface area contributed by atoms with Crippen LogP contribution in [0.3, 0.4) is 0 Å². The highest BCUT2D eigenvalue weighted by Crippen LogP contribution is 2.22. The van der Waals surface area contributed by atoms with Gasteiger partial charge in [-0.3, -0.25) is 0 Å². The Morgan fingerprint density at radius 2 is 1.26 bits per heavy atom. The lowest BCUT2D eigenvalue weighted by molar-refractivity contribution is -0.146. The van der Waals surface area contributed by atoms with Crippen LogP contribution in [0.1, 0.15) is 19.4 Å². The molecule has 1 rings (SSSR count). The van der Waals surface area contributed by atoms with Gasteiger partial charge in [-0.2, -0.15) is 0 Å². The molecule has 0 bridgehead atoms. The second kappa shape index (κ2) is 13.2. The monoisotopic (exact) mass is 524 g/mol. The van der Waals surface area contributed by atoms with Crippen molar-refractivity contribution in [3.63, 3.8) is 0 Å². The predicted octanol–water partition coefficient (Wildman–Crippen LogP) is 5.45. The average molecular weight is 525 g/mol. The number of esters is 2. The molecule has 0 radical (unpaired) electrons. The van der Waals surface area contributed by atoms with Crippen molar-refractivity contribution in [1.29, 1.82) is 0 Å². The first kappa shape index (κ1) is 30.0. The van der Waals surface area contributed by atoms with Crippen LogP contribution in [0.2, 0.25) is 45.8 Å². The first-order chi connectivity index (χ1) is 15.7. The molecule has 0 saturated carbocycles. The van der Waals surface area contributed by atoms with Gasteiger partial charge >= 0.3 is 20.5 Å². The fraction of sp³-hybridized carbons (Fsp3) is 0.500. The third-order valence-corrected chi connectivity index (χ3v) is 12.9. The van der Waals surface area contributed by atoms with Gasteiger partial charge in [-0.1, -0.05) is 18.2 Å². The van der Waals surface area contributed by atoms with E-state index in [1.807, 2.05) is 6.08 Å². The summed E-state index contributed by atoms with van der Waals surface area (Å²) in [5.41, 5.74) is 2.58. The molecule has 0 aliphatic rings. The fourth-order valence-corrected chi connectivity index (χ4v) is 14.5. The number of carbonyl (C=O) groups is 2. The molecule has 0 atom stereocenters. The normalized spacial score (nSPS) is 12.4. The van der Waals surface area contributed by atoms with Crippen molar-refractivity contribution in [2.24, 2.45) is 0 Å². The molecule has 7 nitrogen and oxygen atoms in total. The summed E-state index contributed by atoms with van der Waals surface area (Å²) in [6, 6.07) is 7.08. The van der Waals surface area contributed by atoms with Gasteiger partial charge in [0.05, 0.1) is 13.2 Å². The largest absolute Gasteiger partial charge is 0.490 e. The van der Waals surface area contributed by atoms with Crippen molar-refractivity contribution in [3.05, 3.63) is 47.2 Å². The first-order valence-electron chi connectivity index (χ1n) is 11.5. The van der Waals surface area contributed by atoms with Gasteiger partial charge in [0.15, 0.2) is 16.6 Å². The van der Waals surface area contributed by atoms with Crippen molar-refractivity contribution in [2.75, 3.05) is 19.8 Å². The molecule has 10 heteroatoms. The molecule has 0 unspecified atom stereocenters. The minimum Gasteiger partial charge on any atom is -0.490 e. The summed E-state index contributed by atoms with van der Waals surface area (Å²) in [5.74, 6) is -0.754. The average Bonchev–Trinajstić information content (AvgIpc) is 2.67. The molecule has 1 aromatic carbocycles. The Morgan fingerprint density at radius 3 is 1.68 bits per heavy atom. The van der Waals surface area contributed by atoms with Crippen LogP contribution in [-0.2, 0) is 27.3 Å². The van der Waals surface area contributed by atoms with Crippen molar-refractivity contribution in [2.45, 2.75) is 59.7 Å². The van der Waals surface area contributed by atoms with E-state index < -0.39 is 37.1 Å². The van der Waals surface area contributed by atoms with Gasteiger partial charge < -0.3 is 22.4 Å². The number of hydrogen-bond donors (Lipinski definition) is 0. The van der Waals surface area contributed by atoms with E-state index in [0.29, 0.717) is 17.9 Å². The number of ether oxygens (including phenoxy) is 3. The second-order valence-corrected chi connectivity index (χ2v) is 22.2. The van der Waals surface area contributed by atoms with Crippen LogP contribution in [0, 0.1) is 0 Å². The zero-order valence-electron chi connectivity index (χ0n) is 22.0. The highest BCUT2D eigenvalue weighted by atomic mass is 28.5. The molecule has 0 N–H and O–H groups in total. The van der Waals surface area contributed by atoms with Crippen molar-refractivity contribution in [3.8, 4) is 5.75 Å². The standard InChI is InChI=1S/C24H40O7Si3/c1-10-27-23(25)22(24(26)28-11-2)19-20-13-15-21(16-14-20)29-17-12-18-34(9,30-32(3,4)5)31-33(6,7)8/h12-16,18-19H,10-11,17H2,1-9H3. The summed E-state index contributed by atoms with van der Waals surface area (Å²) < 4.78 is 28.7. The molecule has 0 aliphatic carbocycles. The molecule has 0 fully saturated rings. The Bertz CT molecular complexity index is 830. The number of rotatable bonds is 13. The maximum Gasteiger partial charge on any atom is 0.345 e. The highest BCUT2D eigenvalue weighted by molar-refractivity contribution is 6.89. The van der Waals surface area contributed by atoms with Crippen LogP contribution < -0.4 is 4.74 Å². The Hall–Kier alpha value is -1.99. The van der Waals surface area contributed by atoms with Gasteiger partial charge in [-0.15, -0.1) is 0 Å². The topological polar surface area (TPSA) is 80.3 Å². The molecule has 0 aromatic heterocycles. The quantitative estimate of drug-likeness (QED) is 0.112. The maximum atomic E-state index is 12.1. The van der Waals surface area contributed by atoms with E-state index in [2.05, 4.69) is 51.5 Å². The molecule has 0 heterocycles. The Morgan fingerprint density at radius 1 is 0.794 bits per heavy atom. The van der Waals surface area contributed by atoms with E-state index in [9.17, 15) is 9.59 Å². The molecule has 190 valence electrons. The summed E-state index contributed by atoms with van der Waals surface area (Å²) in [5, 5.41) is 0. The molecule has 0 aliphatic heterocycles. The van der Waals surface area contributed by atoms with Crippen LogP contribution in [0.15, 0.2) is 41.6 Å². The summed E-state index contributed by atoms with van der Waals surface area (Å²) in [7, 11) is -5.99. The lowest BCUT2D eigenvalue weighted by atomic mass is 10.1. The van der Waals surface area contributed by atoms with E-state index in [4.69, 9.17) is 22.4 Å². The van der Waals surface area contributed by atoms with Crippen LogP contribution >= 0.6 is 0 Å². The Labute approximate surface area is 207 Å². The fourth-order valence-electron chi connectivity index (χ4n) is 3.16. The lowest BCUT2D eigenvalue weighted by Gasteiger charge is -2.36. The highest BCUT2D eigenvalue weighted by Gasteiger charge is 2.38. The molecule has 0 amide bonds. The SMILES string of the molecule is CCOC(=O)C(=Cc1ccc(OCC=C[Si](C)(O[Si](C)(C)C)O[Si](C)(C)C)cc1)C(=O)OCC.